The summed E-state index contributed by atoms with van der Waals surface area (Å²) in [5, 5.41) is 3.13. The van der Waals surface area contributed by atoms with Gasteiger partial charge in [-0.25, -0.2) is 0 Å². The number of carbonyl (C=O) groups is 5. The van der Waals surface area contributed by atoms with Gasteiger partial charge in [0.25, 0.3) is 11.8 Å². The normalized spacial score (nSPS) is 17.0. The Morgan fingerprint density at radius 1 is 0.932 bits per heavy atom. The molecule has 4 rings (SSSR count). The van der Waals surface area contributed by atoms with Crippen molar-refractivity contribution in [2.24, 2.45) is 0 Å². The number of nitrogens with one attached hydrogen (secondary N) is 1. The lowest BCUT2D eigenvalue weighted by atomic mass is 10.1. The van der Waals surface area contributed by atoms with Gasteiger partial charge in [-0.2, -0.15) is 0 Å². The second kappa shape index (κ2) is 14.5. The largest absolute Gasteiger partial charge is 0.489 e. The van der Waals surface area contributed by atoms with Crippen LogP contribution in [0, 0.1) is 0 Å². The summed E-state index contributed by atoms with van der Waals surface area (Å²) in [6.07, 6.45) is 3.16. The molecule has 44 heavy (non-hydrogen) atoms. The molecule has 0 bridgehead atoms. The monoisotopic (exact) mass is 607 g/mol. The van der Waals surface area contributed by atoms with Crippen LogP contribution in [0.5, 0.6) is 5.75 Å². The molecule has 2 heterocycles. The van der Waals surface area contributed by atoms with E-state index in [1.165, 1.54) is 9.80 Å². The number of para-hydroxylation sites is 2. The first kappa shape index (κ1) is 32.7. The number of fused-ring (bicyclic) bond motifs is 2. The predicted octanol–water partition coefficient (Wildman–Crippen LogP) is 3.89. The number of rotatable bonds is 13. The van der Waals surface area contributed by atoms with Crippen molar-refractivity contribution in [3.8, 4) is 5.75 Å². The summed E-state index contributed by atoms with van der Waals surface area (Å²) in [7, 11) is 0. The van der Waals surface area contributed by atoms with E-state index < -0.39 is 35.5 Å². The van der Waals surface area contributed by atoms with Gasteiger partial charge in [0.15, 0.2) is 0 Å². The third-order valence-corrected chi connectivity index (χ3v) is 7.31. The fourth-order valence-corrected chi connectivity index (χ4v) is 5.31. The van der Waals surface area contributed by atoms with Crippen LogP contribution in [0.2, 0.25) is 0 Å². The zero-order chi connectivity index (χ0) is 31.9. The number of esters is 2. The number of unbranched alkanes of at least 4 members (excludes halogenated alkanes) is 3. The number of carbonyl (C=O) groups excluding carboxylic acids is 5. The molecule has 3 amide bonds. The Morgan fingerprint density at radius 2 is 1.57 bits per heavy atom. The van der Waals surface area contributed by atoms with Gasteiger partial charge in [-0.3, -0.25) is 39.1 Å². The Kier molecular flexibility index (Phi) is 10.7. The number of hydrogen-bond donors (Lipinski definition) is 1. The van der Waals surface area contributed by atoms with Crippen LogP contribution < -0.4 is 15.0 Å². The first-order valence-corrected chi connectivity index (χ1v) is 15.1. The van der Waals surface area contributed by atoms with Crippen molar-refractivity contribution < 1.29 is 38.2 Å². The predicted molar refractivity (Wildman–Crippen MR) is 162 cm³/mol. The maximum atomic E-state index is 13.8. The molecule has 0 unspecified atom stereocenters. The number of hydrogen-bond acceptors (Lipinski definition) is 9. The van der Waals surface area contributed by atoms with Crippen molar-refractivity contribution in [3.63, 3.8) is 0 Å². The van der Waals surface area contributed by atoms with Gasteiger partial charge in [-0.05, 0) is 64.8 Å². The lowest BCUT2D eigenvalue weighted by Gasteiger charge is -2.28. The molecule has 2 aliphatic heterocycles. The number of nitrogens with zero attached hydrogens (tertiary/aromatic N) is 2. The Balaban J connectivity index is 1.35. The molecule has 236 valence electrons. The molecule has 0 fully saturated rings. The topological polar surface area (TPSA) is 132 Å². The lowest BCUT2D eigenvalue weighted by molar-refractivity contribution is -0.154. The maximum absolute atomic E-state index is 13.8. The SMILES string of the molecule is CCOC(=O)[C@@H](CCCCCCN1C(=O)c2ccccc2C1=O)N[C@H]1COc2ccccc2N(CC(=O)OC(C)(C)C)C1=O. The minimum Gasteiger partial charge on any atom is -0.489 e. The Morgan fingerprint density at radius 3 is 2.23 bits per heavy atom. The molecule has 11 heteroatoms. The van der Waals surface area contributed by atoms with Crippen LogP contribution in [0.4, 0.5) is 5.69 Å². The molecule has 2 aromatic rings. The Hall–Kier alpha value is -4.25. The van der Waals surface area contributed by atoms with Crippen LogP contribution in [0.1, 0.15) is 80.5 Å². The van der Waals surface area contributed by atoms with Crippen LogP contribution >= 0.6 is 0 Å². The standard InChI is InChI=1S/C33H41N3O8/c1-5-42-32(41)24(16-8-6-7-13-19-35-29(38)22-14-9-10-15-23(22)30(35)39)34-25-21-43-27-18-12-11-17-26(27)36(31(25)40)20-28(37)44-33(2,3)4/h9-12,14-15,17-18,24-25,34H,5-8,13,16,19-21H2,1-4H3/t24-,25+/m1/s1. The average Bonchev–Trinajstić information content (AvgIpc) is 3.14. The van der Waals surface area contributed by atoms with Crippen molar-refractivity contribution >= 4 is 35.3 Å². The maximum Gasteiger partial charge on any atom is 0.326 e. The summed E-state index contributed by atoms with van der Waals surface area (Å²) in [5.41, 5.74) is 0.592. The highest BCUT2D eigenvalue weighted by molar-refractivity contribution is 6.21. The molecule has 0 saturated carbocycles. The van der Waals surface area contributed by atoms with Gasteiger partial charge in [0.05, 0.1) is 23.4 Å². The first-order chi connectivity index (χ1) is 21.0. The Labute approximate surface area is 257 Å². The van der Waals surface area contributed by atoms with Gasteiger partial charge in [-0.1, -0.05) is 43.5 Å². The summed E-state index contributed by atoms with van der Waals surface area (Å²) < 4.78 is 16.7. The average molecular weight is 608 g/mol. The van der Waals surface area contributed by atoms with Crippen LogP contribution in [-0.4, -0.2) is 78.5 Å². The van der Waals surface area contributed by atoms with E-state index in [0.717, 1.165) is 12.8 Å². The molecule has 0 aliphatic carbocycles. The van der Waals surface area contributed by atoms with E-state index in [4.69, 9.17) is 14.2 Å². The molecule has 0 aromatic heterocycles. The molecule has 0 spiro atoms. The highest BCUT2D eigenvalue weighted by atomic mass is 16.6. The molecule has 1 N–H and O–H groups in total. The molecular formula is C33H41N3O8. The van der Waals surface area contributed by atoms with Crippen LogP contribution in [0.15, 0.2) is 48.5 Å². The number of benzene rings is 2. The van der Waals surface area contributed by atoms with E-state index in [-0.39, 0.29) is 31.6 Å². The fraction of sp³-hybridized carbons (Fsp3) is 0.485. The minimum absolute atomic E-state index is 0.0448. The molecule has 0 saturated heterocycles. The van der Waals surface area contributed by atoms with E-state index in [9.17, 15) is 24.0 Å². The summed E-state index contributed by atoms with van der Waals surface area (Å²) in [6.45, 7) is 7.13. The van der Waals surface area contributed by atoms with Crippen molar-refractivity contribution in [3.05, 3.63) is 59.7 Å². The van der Waals surface area contributed by atoms with E-state index in [2.05, 4.69) is 5.32 Å². The molecule has 2 aromatic carbocycles. The van der Waals surface area contributed by atoms with Gasteiger partial charge in [0, 0.05) is 6.54 Å². The first-order valence-electron chi connectivity index (χ1n) is 15.1. The third-order valence-electron chi connectivity index (χ3n) is 7.31. The zero-order valence-corrected chi connectivity index (χ0v) is 25.8. The fourth-order valence-electron chi connectivity index (χ4n) is 5.31. The van der Waals surface area contributed by atoms with Crippen molar-refractivity contribution in [2.75, 3.05) is 31.2 Å². The molecule has 2 aliphatic rings. The van der Waals surface area contributed by atoms with Crippen LogP contribution in [-0.2, 0) is 23.9 Å². The van der Waals surface area contributed by atoms with Crippen molar-refractivity contribution in [2.45, 2.75) is 77.5 Å². The lowest BCUT2D eigenvalue weighted by Crippen LogP contribution is -2.55. The van der Waals surface area contributed by atoms with Crippen molar-refractivity contribution in [1.29, 1.82) is 0 Å². The molecule has 0 radical (unpaired) electrons. The Bertz CT molecular complexity index is 1350. The minimum atomic E-state index is -0.923. The van der Waals surface area contributed by atoms with Crippen LogP contribution in [0.25, 0.3) is 0 Å². The highest BCUT2D eigenvalue weighted by Crippen LogP contribution is 2.31. The third kappa shape index (κ3) is 8.02. The summed E-state index contributed by atoms with van der Waals surface area (Å²) in [6, 6.07) is 12.1. The van der Waals surface area contributed by atoms with Crippen molar-refractivity contribution in [1.82, 2.24) is 10.2 Å². The summed E-state index contributed by atoms with van der Waals surface area (Å²) >= 11 is 0. The van der Waals surface area contributed by atoms with E-state index in [0.29, 0.717) is 48.4 Å². The quantitative estimate of drug-likeness (QED) is 0.205. The number of imide groups is 1. The zero-order valence-electron chi connectivity index (χ0n) is 25.8. The van der Waals surface area contributed by atoms with Gasteiger partial charge < -0.3 is 14.2 Å². The molecule has 2 atom stereocenters. The smallest absolute Gasteiger partial charge is 0.326 e. The molecular weight excluding hydrogens is 566 g/mol. The number of anilines is 1. The van der Waals surface area contributed by atoms with Gasteiger partial charge >= 0.3 is 11.9 Å². The van der Waals surface area contributed by atoms with E-state index in [1.807, 2.05) is 0 Å². The highest BCUT2D eigenvalue weighted by Gasteiger charge is 2.37. The van der Waals surface area contributed by atoms with E-state index in [1.54, 1.807) is 76.2 Å². The van der Waals surface area contributed by atoms with Gasteiger partial charge in [0.2, 0.25) is 5.91 Å². The van der Waals surface area contributed by atoms with E-state index >= 15 is 0 Å². The van der Waals surface area contributed by atoms with Gasteiger partial charge in [0.1, 0.15) is 36.6 Å². The number of amides is 3. The summed E-state index contributed by atoms with van der Waals surface area (Å²) in [5.74, 6) is -1.56. The van der Waals surface area contributed by atoms with Gasteiger partial charge in [-0.15, -0.1) is 0 Å². The van der Waals surface area contributed by atoms with Crippen LogP contribution in [0.3, 0.4) is 0 Å². The second-order valence-electron chi connectivity index (χ2n) is 11.8. The summed E-state index contributed by atoms with van der Waals surface area (Å²) in [4.78, 5) is 67.2. The number of ether oxygens (including phenoxy) is 3. The second-order valence-corrected chi connectivity index (χ2v) is 11.8. The molecule has 11 nitrogen and oxygen atoms in total.